The Balaban J connectivity index is 1.83. The molecule has 2 heterocycles. The van der Waals surface area contributed by atoms with Gasteiger partial charge in [0.25, 0.3) is 5.91 Å². The second-order valence-electron chi connectivity index (χ2n) is 6.83. The summed E-state index contributed by atoms with van der Waals surface area (Å²) in [5.41, 5.74) is 2.64. The van der Waals surface area contributed by atoms with E-state index in [1.165, 1.54) is 0 Å². The maximum Gasteiger partial charge on any atom is 0.255 e. The Kier molecular flexibility index (Phi) is 5.84. The van der Waals surface area contributed by atoms with Crippen LogP contribution in [0.3, 0.4) is 0 Å². The fourth-order valence-electron chi connectivity index (χ4n) is 3.57. The zero-order valence-corrected chi connectivity index (χ0v) is 16.4. The third kappa shape index (κ3) is 3.99. The van der Waals surface area contributed by atoms with Crippen LogP contribution < -0.4 is 19.7 Å². The topological polar surface area (TPSA) is 63.7 Å². The quantitative estimate of drug-likeness (QED) is 0.844. The summed E-state index contributed by atoms with van der Waals surface area (Å²) < 4.78 is 10.8. The van der Waals surface area contributed by atoms with Gasteiger partial charge >= 0.3 is 0 Å². The van der Waals surface area contributed by atoms with Gasteiger partial charge in [0.15, 0.2) is 11.5 Å². The molecule has 144 valence electrons. The predicted molar refractivity (Wildman–Crippen MR) is 106 cm³/mol. The third-order valence-electron chi connectivity index (χ3n) is 5.02. The molecule has 1 N–H and O–H groups in total. The number of benzene rings is 1. The van der Waals surface area contributed by atoms with Crippen molar-refractivity contribution in [2.24, 2.45) is 0 Å². The van der Waals surface area contributed by atoms with Crippen LogP contribution >= 0.6 is 0 Å². The summed E-state index contributed by atoms with van der Waals surface area (Å²) in [6, 6.07) is 7.31. The lowest BCUT2D eigenvalue weighted by Crippen LogP contribution is -2.30. The predicted octanol–water partition coefficient (Wildman–Crippen LogP) is 3.50. The molecule has 1 aliphatic heterocycles. The summed E-state index contributed by atoms with van der Waals surface area (Å²) in [6.07, 6.45) is 4.02. The maximum absolute atomic E-state index is 13.0. The number of aryl methyl sites for hydroxylation is 1. The summed E-state index contributed by atoms with van der Waals surface area (Å²) in [7, 11) is 3.22. The third-order valence-corrected chi connectivity index (χ3v) is 5.02. The number of anilines is 1. The van der Waals surface area contributed by atoms with Crippen LogP contribution in [-0.2, 0) is 0 Å². The van der Waals surface area contributed by atoms with Crippen molar-refractivity contribution in [1.29, 1.82) is 0 Å². The van der Waals surface area contributed by atoms with Crippen LogP contribution in [-0.4, -0.2) is 38.2 Å². The minimum atomic E-state index is -0.177. The van der Waals surface area contributed by atoms with Gasteiger partial charge in [-0.1, -0.05) is 0 Å². The van der Waals surface area contributed by atoms with E-state index in [4.69, 9.17) is 9.47 Å². The molecule has 1 atom stereocenters. The fraction of sp³-hybridized carbons (Fsp3) is 0.429. The number of ether oxygens (including phenoxy) is 2. The second-order valence-corrected chi connectivity index (χ2v) is 6.83. The molecule has 0 aliphatic carbocycles. The molecule has 6 nitrogen and oxygen atoms in total. The van der Waals surface area contributed by atoms with Gasteiger partial charge in [-0.15, -0.1) is 0 Å². The van der Waals surface area contributed by atoms with Crippen molar-refractivity contribution in [1.82, 2.24) is 10.3 Å². The van der Waals surface area contributed by atoms with Gasteiger partial charge < -0.3 is 19.7 Å². The molecule has 2 aromatic rings. The maximum atomic E-state index is 13.0. The van der Waals surface area contributed by atoms with E-state index in [2.05, 4.69) is 15.2 Å². The summed E-state index contributed by atoms with van der Waals surface area (Å²) in [6.45, 7) is 5.86. The molecule has 1 aromatic carbocycles. The lowest BCUT2D eigenvalue weighted by atomic mass is 10.0. The first-order chi connectivity index (χ1) is 13.0. The Morgan fingerprint density at radius 1 is 1.19 bits per heavy atom. The van der Waals surface area contributed by atoms with E-state index in [1.54, 1.807) is 26.5 Å². The molecule has 1 amide bonds. The first kappa shape index (κ1) is 19.0. The molecule has 0 unspecified atom stereocenters. The minimum Gasteiger partial charge on any atom is -0.493 e. The zero-order valence-electron chi connectivity index (χ0n) is 16.4. The summed E-state index contributed by atoms with van der Waals surface area (Å²) in [5.74, 6) is 1.98. The van der Waals surface area contributed by atoms with Gasteiger partial charge in [0.1, 0.15) is 5.82 Å². The molecule has 0 spiro atoms. The molecule has 0 bridgehead atoms. The van der Waals surface area contributed by atoms with Gasteiger partial charge in [-0.05, 0) is 62.1 Å². The molecular formula is C21H27N3O3. The van der Waals surface area contributed by atoms with Gasteiger partial charge in [0.05, 0.1) is 25.8 Å². The average Bonchev–Trinajstić information content (AvgIpc) is 3.22. The Hall–Kier alpha value is -2.76. The van der Waals surface area contributed by atoms with Gasteiger partial charge in [0, 0.05) is 19.3 Å². The summed E-state index contributed by atoms with van der Waals surface area (Å²) in [4.78, 5) is 19.6. The van der Waals surface area contributed by atoms with E-state index in [1.807, 2.05) is 32.0 Å². The molecular weight excluding hydrogens is 342 g/mol. The van der Waals surface area contributed by atoms with Crippen LogP contribution in [0.5, 0.6) is 11.5 Å². The Morgan fingerprint density at radius 3 is 2.52 bits per heavy atom. The van der Waals surface area contributed by atoms with Gasteiger partial charge in [-0.3, -0.25) is 4.79 Å². The van der Waals surface area contributed by atoms with Gasteiger partial charge in [0.2, 0.25) is 0 Å². The minimum absolute atomic E-state index is 0.119. The first-order valence-electron chi connectivity index (χ1n) is 9.28. The number of methoxy groups -OCH3 is 2. The molecule has 0 saturated carbocycles. The van der Waals surface area contributed by atoms with Crippen LogP contribution in [0, 0.1) is 6.92 Å². The number of aromatic nitrogens is 1. The molecule has 0 radical (unpaired) electrons. The number of hydrogen-bond donors (Lipinski definition) is 1. The number of amides is 1. The second kappa shape index (κ2) is 8.29. The molecule has 1 saturated heterocycles. The highest BCUT2D eigenvalue weighted by Crippen LogP contribution is 2.33. The number of nitrogens with zero attached hydrogens (tertiary/aromatic N) is 2. The lowest BCUT2D eigenvalue weighted by Gasteiger charge is -2.22. The van der Waals surface area contributed by atoms with Crippen LogP contribution in [0.2, 0.25) is 0 Å². The standard InChI is InChI=1S/C21H27N3O3/c1-14-12-18(26-3)19(27-4)13-17(14)15(2)23-21(25)16-8-7-9-22-20(16)24-10-5-6-11-24/h7-9,12-13,15H,5-6,10-11H2,1-4H3,(H,23,25)/t15-/m1/s1. The largest absolute Gasteiger partial charge is 0.493 e. The summed E-state index contributed by atoms with van der Waals surface area (Å²) in [5, 5.41) is 3.10. The number of hydrogen-bond acceptors (Lipinski definition) is 5. The van der Waals surface area contributed by atoms with Gasteiger partial charge in [-0.2, -0.15) is 0 Å². The van der Waals surface area contributed by atoms with Crippen LogP contribution in [0.15, 0.2) is 30.5 Å². The zero-order chi connectivity index (χ0) is 19.4. The highest BCUT2D eigenvalue weighted by molar-refractivity contribution is 5.99. The van der Waals surface area contributed by atoms with Crippen molar-refractivity contribution in [3.05, 3.63) is 47.2 Å². The number of rotatable bonds is 6. The molecule has 1 aromatic heterocycles. The fourth-order valence-corrected chi connectivity index (χ4v) is 3.57. The summed E-state index contributed by atoms with van der Waals surface area (Å²) >= 11 is 0. The van der Waals surface area contributed by atoms with Crippen LogP contribution in [0.25, 0.3) is 0 Å². The molecule has 6 heteroatoms. The van der Waals surface area contributed by atoms with E-state index >= 15 is 0 Å². The smallest absolute Gasteiger partial charge is 0.255 e. The Morgan fingerprint density at radius 2 is 1.85 bits per heavy atom. The normalized spacial score (nSPS) is 14.7. The first-order valence-corrected chi connectivity index (χ1v) is 9.28. The van der Waals surface area contributed by atoms with Crippen molar-refractivity contribution < 1.29 is 14.3 Å². The lowest BCUT2D eigenvalue weighted by molar-refractivity contribution is 0.0940. The SMILES string of the molecule is COc1cc(C)c([C@@H](C)NC(=O)c2cccnc2N2CCCC2)cc1OC. The molecule has 27 heavy (non-hydrogen) atoms. The van der Waals surface area contributed by atoms with E-state index < -0.39 is 0 Å². The number of nitrogens with one attached hydrogen (secondary N) is 1. The highest BCUT2D eigenvalue weighted by Gasteiger charge is 2.22. The van der Waals surface area contributed by atoms with Crippen LogP contribution in [0.1, 0.15) is 47.3 Å². The van der Waals surface area contributed by atoms with E-state index in [0.29, 0.717) is 17.1 Å². The van der Waals surface area contributed by atoms with Crippen molar-refractivity contribution in [2.45, 2.75) is 32.7 Å². The molecule has 1 fully saturated rings. The van der Waals surface area contributed by atoms with Crippen molar-refractivity contribution in [2.75, 3.05) is 32.2 Å². The van der Waals surface area contributed by atoms with Crippen molar-refractivity contribution in [3.8, 4) is 11.5 Å². The average molecular weight is 369 g/mol. The van der Waals surface area contributed by atoms with Crippen LogP contribution in [0.4, 0.5) is 5.82 Å². The Labute approximate surface area is 160 Å². The Bertz CT molecular complexity index is 816. The van der Waals surface area contributed by atoms with Crippen molar-refractivity contribution in [3.63, 3.8) is 0 Å². The number of pyridine rings is 1. The van der Waals surface area contributed by atoms with E-state index in [0.717, 1.165) is 42.9 Å². The molecule has 1 aliphatic rings. The monoisotopic (exact) mass is 369 g/mol. The highest BCUT2D eigenvalue weighted by atomic mass is 16.5. The number of carbonyl (C=O) groups excluding carboxylic acids is 1. The molecule has 3 rings (SSSR count). The number of carbonyl (C=O) groups is 1. The van der Waals surface area contributed by atoms with Gasteiger partial charge in [-0.25, -0.2) is 4.98 Å². The van der Waals surface area contributed by atoms with Crippen molar-refractivity contribution >= 4 is 11.7 Å². The van der Waals surface area contributed by atoms with E-state index in [9.17, 15) is 4.79 Å². The van der Waals surface area contributed by atoms with E-state index in [-0.39, 0.29) is 11.9 Å².